The molecule has 3 aromatic rings. The van der Waals surface area contributed by atoms with Crippen LogP contribution in [0.3, 0.4) is 0 Å². The Hall–Kier alpha value is -3.48. The molecule has 0 saturated carbocycles. The molecular weight excluding hydrogens is 322 g/mol. The number of benzene rings is 1. The molecule has 7 heteroatoms. The van der Waals surface area contributed by atoms with Crippen molar-refractivity contribution in [1.82, 2.24) is 15.5 Å². The molecule has 2 aromatic heterocycles. The number of carbonyl (C=O) groups is 2. The van der Waals surface area contributed by atoms with Crippen LogP contribution >= 0.6 is 0 Å². The van der Waals surface area contributed by atoms with Gasteiger partial charge in [0, 0.05) is 30.4 Å². The number of rotatable bonds is 6. The standard InChI is InChI=1S/C18H15N3O4/c1-19-18(23)17-14(11-24-15-8-7-12(10-22)9-20-15)16(21-25-17)13-5-3-2-4-6-13/h2-10H,11H2,1H3,(H,19,23). The Labute approximate surface area is 143 Å². The molecule has 0 spiro atoms. The van der Waals surface area contributed by atoms with E-state index in [1.165, 1.54) is 13.2 Å². The fourth-order valence-electron chi connectivity index (χ4n) is 2.25. The highest BCUT2D eigenvalue weighted by molar-refractivity contribution is 5.94. The van der Waals surface area contributed by atoms with Crippen LogP contribution in [-0.4, -0.2) is 29.4 Å². The van der Waals surface area contributed by atoms with Gasteiger partial charge in [-0.05, 0) is 6.07 Å². The van der Waals surface area contributed by atoms with Gasteiger partial charge in [-0.3, -0.25) is 9.59 Å². The summed E-state index contributed by atoms with van der Waals surface area (Å²) in [4.78, 5) is 26.7. The summed E-state index contributed by atoms with van der Waals surface area (Å²) in [5, 5.41) is 6.53. The molecule has 7 nitrogen and oxygen atoms in total. The van der Waals surface area contributed by atoms with Crippen molar-refractivity contribution < 1.29 is 18.8 Å². The van der Waals surface area contributed by atoms with Gasteiger partial charge in [-0.2, -0.15) is 0 Å². The molecule has 1 amide bonds. The number of carbonyl (C=O) groups excluding carboxylic acids is 2. The molecule has 0 atom stereocenters. The Morgan fingerprint density at radius 3 is 2.68 bits per heavy atom. The highest BCUT2D eigenvalue weighted by Gasteiger charge is 2.23. The van der Waals surface area contributed by atoms with E-state index in [2.05, 4.69) is 15.5 Å². The van der Waals surface area contributed by atoms with Crippen molar-refractivity contribution in [2.45, 2.75) is 6.61 Å². The van der Waals surface area contributed by atoms with Crippen LogP contribution in [0.5, 0.6) is 5.88 Å². The second-order valence-corrected chi connectivity index (χ2v) is 5.12. The zero-order chi connectivity index (χ0) is 17.6. The van der Waals surface area contributed by atoms with Crippen molar-refractivity contribution in [2.75, 3.05) is 7.05 Å². The van der Waals surface area contributed by atoms with Gasteiger partial charge >= 0.3 is 0 Å². The molecule has 0 radical (unpaired) electrons. The predicted molar refractivity (Wildman–Crippen MR) is 89.3 cm³/mol. The maximum absolute atomic E-state index is 12.0. The number of pyridine rings is 1. The monoisotopic (exact) mass is 337 g/mol. The van der Waals surface area contributed by atoms with Crippen molar-refractivity contribution in [3.8, 4) is 17.1 Å². The van der Waals surface area contributed by atoms with Crippen LogP contribution in [0.15, 0.2) is 53.2 Å². The molecule has 0 aliphatic carbocycles. The average molecular weight is 337 g/mol. The van der Waals surface area contributed by atoms with E-state index in [-0.39, 0.29) is 12.4 Å². The van der Waals surface area contributed by atoms with Gasteiger partial charge in [0.15, 0.2) is 6.29 Å². The summed E-state index contributed by atoms with van der Waals surface area (Å²) in [6, 6.07) is 12.5. The summed E-state index contributed by atoms with van der Waals surface area (Å²) in [5.74, 6) is 0.0251. The van der Waals surface area contributed by atoms with Crippen LogP contribution in [0.4, 0.5) is 0 Å². The molecule has 2 heterocycles. The zero-order valence-corrected chi connectivity index (χ0v) is 13.4. The SMILES string of the molecule is CNC(=O)c1onc(-c2ccccc2)c1COc1ccc(C=O)cn1. The van der Waals surface area contributed by atoms with Gasteiger partial charge in [0.1, 0.15) is 12.3 Å². The molecule has 25 heavy (non-hydrogen) atoms. The second kappa shape index (κ2) is 7.39. The number of ether oxygens (including phenoxy) is 1. The Morgan fingerprint density at radius 1 is 1.24 bits per heavy atom. The van der Waals surface area contributed by atoms with E-state index >= 15 is 0 Å². The summed E-state index contributed by atoms with van der Waals surface area (Å²) in [5.41, 5.74) is 2.31. The smallest absolute Gasteiger partial charge is 0.290 e. The third kappa shape index (κ3) is 3.55. The summed E-state index contributed by atoms with van der Waals surface area (Å²) in [6.07, 6.45) is 2.11. The van der Waals surface area contributed by atoms with Gasteiger partial charge in [-0.15, -0.1) is 0 Å². The first-order chi connectivity index (χ1) is 12.2. The molecule has 0 fully saturated rings. The van der Waals surface area contributed by atoms with E-state index in [4.69, 9.17) is 9.26 Å². The molecule has 0 aliphatic heterocycles. The van der Waals surface area contributed by atoms with E-state index in [1.54, 1.807) is 12.1 Å². The van der Waals surface area contributed by atoms with Gasteiger partial charge in [-0.25, -0.2) is 4.98 Å². The van der Waals surface area contributed by atoms with Crippen LogP contribution in [0, 0.1) is 0 Å². The number of hydrogen-bond donors (Lipinski definition) is 1. The summed E-state index contributed by atoms with van der Waals surface area (Å²) < 4.78 is 10.9. The molecule has 0 unspecified atom stereocenters. The molecule has 126 valence electrons. The van der Waals surface area contributed by atoms with Gasteiger partial charge in [-0.1, -0.05) is 35.5 Å². The van der Waals surface area contributed by atoms with Crippen LogP contribution in [0.25, 0.3) is 11.3 Å². The lowest BCUT2D eigenvalue weighted by Gasteiger charge is -2.07. The average Bonchev–Trinajstić information content (AvgIpc) is 3.10. The molecule has 0 saturated heterocycles. The third-order valence-corrected chi connectivity index (χ3v) is 3.53. The van der Waals surface area contributed by atoms with Gasteiger partial charge in [0.2, 0.25) is 11.6 Å². The number of nitrogens with zero attached hydrogens (tertiary/aromatic N) is 2. The zero-order valence-electron chi connectivity index (χ0n) is 13.4. The highest BCUT2D eigenvalue weighted by atomic mass is 16.5. The largest absolute Gasteiger partial charge is 0.473 e. The number of hydrogen-bond acceptors (Lipinski definition) is 6. The summed E-state index contributed by atoms with van der Waals surface area (Å²) in [7, 11) is 1.51. The van der Waals surface area contributed by atoms with E-state index in [1.807, 2.05) is 30.3 Å². The quantitative estimate of drug-likeness (QED) is 0.695. The first-order valence-electron chi connectivity index (χ1n) is 7.53. The van der Waals surface area contributed by atoms with Gasteiger partial charge < -0.3 is 14.6 Å². The fourth-order valence-corrected chi connectivity index (χ4v) is 2.25. The van der Waals surface area contributed by atoms with Crippen molar-refractivity contribution in [3.05, 3.63) is 65.5 Å². The molecular formula is C18H15N3O4. The Morgan fingerprint density at radius 2 is 2.04 bits per heavy atom. The number of amides is 1. The van der Waals surface area contributed by atoms with E-state index < -0.39 is 5.91 Å². The van der Waals surface area contributed by atoms with E-state index in [9.17, 15) is 9.59 Å². The maximum Gasteiger partial charge on any atom is 0.290 e. The lowest BCUT2D eigenvalue weighted by molar-refractivity contribution is 0.0922. The first kappa shape index (κ1) is 16.4. The first-order valence-corrected chi connectivity index (χ1v) is 7.53. The molecule has 1 aromatic carbocycles. The normalized spacial score (nSPS) is 10.3. The minimum Gasteiger partial charge on any atom is -0.473 e. The highest BCUT2D eigenvalue weighted by Crippen LogP contribution is 2.26. The molecule has 0 bridgehead atoms. The van der Waals surface area contributed by atoms with Crippen molar-refractivity contribution in [1.29, 1.82) is 0 Å². The minimum atomic E-state index is -0.391. The fraction of sp³-hybridized carbons (Fsp3) is 0.111. The summed E-state index contributed by atoms with van der Waals surface area (Å²) in [6.45, 7) is 0.0456. The minimum absolute atomic E-state index is 0.0456. The predicted octanol–water partition coefficient (Wildman–Crippen LogP) is 2.49. The van der Waals surface area contributed by atoms with E-state index in [0.717, 1.165) is 5.56 Å². The second-order valence-electron chi connectivity index (χ2n) is 5.12. The van der Waals surface area contributed by atoms with Crippen LogP contribution in [0.1, 0.15) is 26.5 Å². The van der Waals surface area contributed by atoms with Crippen molar-refractivity contribution >= 4 is 12.2 Å². The van der Waals surface area contributed by atoms with Gasteiger partial charge in [0.25, 0.3) is 5.91 Å². The molecule has 1 N–H and O–H groups in total. The van der Waals surface area contributed by atoms with Crippen molar-refractivity contribution in [2.24, 2.45) is 0 Å². The molecule has 3 rings (SSSR count). The number of aldehydes is 1. The topological polar surface area (TPSA) is 94.3 Å². The van der Waals surface area contributed by atoms with Gasteiger partial charge in [0.05, 0.1) is 5.56 Å². The Kier molecular flexibility index (Phi) is 4.84. The lowest BCUT2D eigenvalue weighted by atomic mass is 10.1. The van der Waals surface area contributed by atoms with Crippen LogP contribution in [0.2, 0.25) is 0 Å². The van der Waals surface area contributed by atoms with Crippen LogP contribution < -0.4 is 10.1 Å². The third-order valence-electron chi connectivity index (χ3n) is 3.53. The van der Waals surface area contributed by atoms with E-state index in [0.29, 0.717) is 29.0 Å². The Bertz CT molecular complexity index is 873. The lowest BCUT2D eigenvalue weighted by Crippen LogP contribution is -2.19. The number of nitrogens with one attached hydrogen (secondary N) is 1. The van der Waals surface area contributed by atoms with Crippen LogP contribution in [-0.2, 0) is 6.61 Å². The summed E-state index contributed by atoms with van der Waals surface area (Å²) >= 11 is 0. The molecule has 0 aliphatic rings. The maximum atomic E-state index is 12.0. The Balaban J connectivity index is 1.90. The van der Waals surface area contributed by atoms with Crippen molar-refractivity contribution in [3.63, 3.8) is 0 Å². The number of aromatic nitrogens is 2.